The van der Waals surface area contributed by atoms with Crippen LogP contribution >= 0.6 is 7.80 Å². The number of fused-ring (bicyclic) bond motifs is 1. The molecular formula is C4H7O2P. The Kier molecular flexibility index (Phi) is 0.658. The summed E-state index contributed by atoms with van der Waals surface area (Å²) in [7, 11) is -1.23. The van der Waals surface area contributed by atoms with Gasteiger partial charge in [-0.2, -0.15) is 0 Å². The fourth-order valence-corrected chi connectivity index (χ4v) is 2.83. The summed E-state index contributed by atoms with van der Waals surface area (Å²) in [5, 5.41) is 0. The molecule has 0 aromatic rings. The molecule has 2 heterocycles. The molecule has 2 rings (SSSR count). The Hall–Kier alpha value is 0.190. The smallest absolute Gasteiger partial charge is 0.134 e. The lowest BCUT2D eigenvalue weighted by atomic mass is 10.4. The Morgan fingerprint density at radius 1 is 1.71 bits per heavy atom. The summed E-state index contributed by atoms with van der Waals surface area (Å²) in [6.07, 6.45) is 2.43. The fraction of sp³-hybridized carbons (Fsp3) is 1.00. The SMILES string of the molecule is O=[PH]1CCC2OC21. The van der Waals surface area contributed by atoms with Gasteiger partial charge in [-0.15, -0.1) is 0 Å². The molecule has 3 unspecified atom stereocenters. The minimum Gasteiger partial charge on any atom is -0.362 e. The van der Waals surface area contributed by atoms with Gasteiger partial charge in [-0.1, -0.05) is 0 Å². The summed E-state index contributed by atoms with van der Waals surface area (Å²) >= 11 is 0. The minimum atomic E-state index is -1.23. The Balaban J connectivity index is 2.21. The second-order valence-corrected chi connectivity index (χ2v) is 4.10. The fourth-order valence-electron chi connectivity index (χ4n) is 1.07. The van der Waals surface area contributed by atoms with Crippen LogP contribution in [0.5, 0.6) is 0 Å². The molecule has 0 N–H and O–H groups in total. The number of epoxide rings is 1. The van der Waals surface area contributed by atoms with E-state index in [-0.39, 0.29) is 5.85 Å². The van der Waals surface area contributed by atoms with E-state index in [0.29, 0.717) is 6.10 Å². The highest BCUT2D eigenvalue weighted by molar-refractivity contribution is 7.46. The predicted octanol–water partition coefficient (Wildman–Crippen LogP) is 0.675. The standard InChI is InChI=1S/C4H7O2P/c5-7-2-1-3-4(7)6-3/h3-4,7H,1-2H2. The summed E-state index contributed by atoms with van der Waals surface area (Å²) in [6.45, 7) is 0. The Morgan fingerprint density at radius 2 is 2.57 bits per heavy atom. The number of ether oxygens (including phenoxy) is 1. The van der Waals surface area contributed by atoms with Crippen LogP contribution in [0.4, 0.5) is 0 Å². The van der Waals surface area contributed by atoms with Gasteiger partial charge in [-0.25, -0.2) is 0 Å². The van der Waals surface area contributed by atoms with E-state index in [0.717, 1.165) is 12.6 Å². The van der Waals surface area contributed by atoms with E-state index in [2.05, 4.69) is 0 Å². The van der Waals surface area contributed by atoms with Gasteiger partial charge in [0.05, 0.1) is 6.10 Å². The second kappa shape index (κ2) is 1.12. The molecule has 0 spiro atoms. The monoisotopic (exact) mass is 118 g/mol. The summed E-state index contributed by atoms with van der Waals surface area (Å²) < 4.78 is 15.7. The zero-order valence-electron chi connectivity index (χ0n) is 3.89. The lowest BCUT2D eigenvalue weighted by Gasteiger charge is -1.84. The third kappa shape index (κ3) is 0.471. The number of hydrogen-bond donors (Lipinski definition) is 0. The quantitative estimate of drug-likeness (QED) is 0.345. The molecule has 0 amide bonds. The Bertz CT molecular complexity index is 123. The van der Waals surface area contributed by atoms with Crippen molar-refractivity contribution >= 4 is 7.80 Å². The molecule has 0 saturated carbocycles. The molecule has 0 aliphatic carbocycles. The Labute approximate surface area is 42.6 Å². The molecule has 3 heteroatoms. The summed E-state index contributed by atoms with van der Waals surface area (Å²) in [5.74, 6) is 0.227. The first kappa shape index (κ1) is 4.11. The lowest BCUT2D eigenvalue weighted by Crippen LogP contribution is -1.77. The molecule has 2 saturated heterocycles. The van der Waals surface area contributed by atoms with E-state index in [4.69, 9.17) is 4.74 Å². The van der Waals surface area contributed by atoms with Crippen molar-refractivity contribution in [2.75, 3.05) is 6.16 Å². The van der Waals surface area contributed by atoms with Gasteiger partial charge in [0.15, 0.2) is 0 Å². The highest BCUT2D eigenvalue weighted by Crippen LogP contribution is 2.52. The number of rotatable bonds is 0. The van der Waals surface area contributed by atoms with Gasteiger partial charge in [0.1, 0.15) is 13.6 Å². The molecule has 0 bridgehead atoms. The van der Waals surface area contributed by atoms with Crippen molar-refractivity contribution in [3.63, 3.8) is 0 Å². The summed E-state index contributed by atoms with van der Waals surface area (Å²) in [6, 6.07) is 0. The van der Waals surface area contributed by atoms with Crippen LogP contribution in [0.2, 0.25) is 0 Å². The molecule has 40 valence electrons. The largest absolute Gasteiger partial charge is 0.362 e. The van der Waals surface area contributed by atoms with Gasteiger partial charge in [-0.05, 0) is 6.42 Å². The third-order valence-corrected chi connectivity index (χ3v) is 3.50. The van der Waals surface area contributed by atoms with Crippen molar-refractivity contribution in [2.24, 2.45) is 0 Å². The Morgan fingerprint density at radius 3 is 2.71 bits per heavy atom. The van der Waals surface area contributed by atoms with Gasteiger partial charge in [0.2, 0.25) is 0 Å². The van der Waals surface area contributed by atoms with Gasteiger partial charge in [0.25, 0.3) is 0 Å². The maximum absolute atomic E-state index is 10.7. The van der Waals surface area contributed by atoms with Crippen molar-refractivity contribution in [3.05, 3.63) is 0 Å². The van der Waals surface area contributed by atoms with Crippen molar-refractivity contribution < 1.29 is 9.30 Å². The molecule has 0 aromatic heterocycles. The van der Waals surface area contributed by atoms with E-state index < -0.39 is 7.80 Å². The van der Waals surface area contributed by atoms with Crippen LogP contribution in [0.3, 0.4) is 0 Å². The highest BCUT2D eigenvalue weighted by atomic mass is 31.1. The maximum atomic E-state index is 10.7. The first-order valence-electron chi connectivity index (χ1n) is 2.56. The van der Waals surface area contributed by atoms with Gasteiger partial charge < -0.3 is 9.30 Å². The van der Waals surface area contributed by atoms with Crippen molar-refractivity contribution in [1.82, 2.24) is 0 Å². The van der Waals surface area contributed by atoms with E-state index in [1.54, 1.807) is 0 Å². The predicted molar refractivity (Wildman–Crippen MR) is 27.1 cm³/mol. The van der Waals surface area contributed by atoms with Gasteiger partial charge >= 0.3 is 0 Å². The van der Waals surface area contributed by atoms with E-state index in [1.165, 1.54) is 0 Å². The highest BCUT2D eigenvalue weighted by Gasteiger charge is 2.48. The molecule has 2 fully saturated rings. The molecule has 0 radical (unpaired) electrons. The van der Waals surface area contributed by atoms with Gasteiger partial charge in [0, 0.05) is 6.16 Å². The molecule has 2 nitrogen and oxygen atoms in total. The zero-order chi connectivity index (χ0) is 4.85. The molecule has 7 heavy (non-hydrogen) atoms. The summed E-state index contributed by atoms with van der Waals surface area (Å²) in [5.41, 5.74) is 0. The topological polar surface area (TPSA) is 29.6 Å². The van der Waals surface area contributed by atoms with Crippen LogP contribution in [0.1, 0.15) is 6.42 Å². The average Bonchev–Trinajstić information content (AvgIpc) is 2.33. The third-order valence-electron chi connectivity index (χ3n) is 1.58. The van der Waals surface area contributed by atoms with Crippen LogP contribution in [0, 0.1) is 0 Å². The molecule has 2 aliphatic heterocycles. The van der Waals surface area contributed by atoms with E-state index in [9.17, 15) is 4.57 Å². The van der Waals surface area contributed by atoms with Crippen LogP contribution in [-0.4, -0.2) is 18.1 Å². The second-order valence-electron chi connectivity index (χ2n) is 2.10. The lowest BCUT2D eigenvalue weighted by molar-refractivity contribution is 0.382. The van der Waals surface area contributed by atoms with Crippen molar-refractivity contribution in [1.29, 1.82) is 0 Å². The first-order valence-corrected chi connectivity index (χ1v) is 4.25. The van der Waals surface area contributed by atoms with Crippen LogP contribution in [-0.2, 0) is 9.30 Å². The average molecular weight is 118 g/mol. The molecule has 0 aromatic carbocycles. The molecule has 3 atom stereocenters. The molecular weight excluding hydrogens is 111 g/mol. The zero-order valence-corrected chi connectivity index (χ0v) is 4.89. The van der Waals surface area contributed by atoms with E-state index >= 15 is 0 Å². The first-order chi connectivity index (χ1) is 3.38. The normalized spacial score (nSPS) is 56.9. The van der Waals surface area contributed by atoms with E-state index in [1.807, 2.05) is 0 Å². The maximum Gasteiger partial charge on any atom is 0.134 e. The molecule has 2 aliphatic rings. The van der Waals surface area contributed by atoms with Crippen LogP contribution < -0.4 is 0 Å². The van der Waals surface area contributed by atoms with Crippen molar-refractivity contribution in [3.8, 4) is 0 Å². The van der Waals surface area contributed by atoms with Crippen molar-refractivity contribution in [2.45, 2.75) is 18.4 Å². The minimum absolute atomic E-state index is 0.227. The van der Waals surface area contributed by atoms with Gasteiger partial charge in [-0.3, -0.25) is 0 Å². The van der Waals surface area contributed by atoms with Crippen LogP contribution in [0.15, 0.2) is 0 Å². The summed E-state index contributed by atoms with van der Waals surface area (Å²) in [4.78, 5) is 0. The number of hydrogen-bond acceptors (Lipinski definition) is 2. The van der Waals surface area contributed by atoms with Crippen LogP contribution in [0.25, 0.3) is 0 Å².